The fourth-order valence-electron chi connectivity index (χ4n) is 1.59. The first kappa shape index (κ1) is 16.8. The van der Waals surface area contributed by atoms with Crippen molar-refractivity contribution in [3.05, 3.63) is 29.8 Å². The van der Waals surface area contributed by atoms with E-state index in [2.05, 4.69) is 34.7 Å². The van der Waals surface area contributed by atoms with Crippen molar-refractivity contribution in [2.45, 2.75) is 25.1 Å². The molecular weight excluding hydrogens is 316 g/mol. The Balaban J connectivity index is 1.77. The van der Waals surface area contributed by atoms with E-state index >= 15 is 0 Å². The topological polar surface area (TPSA) is 66.9 Å². The predicted molar refractivity (Wildman–Crippen MR) is 93.8 cm³/mol. The van der Waals surface area contributed by atoms with Crippen LogP contribution in [-0.4, -0.2) is 28.4 Å². The van der Waals surface area contributed by atoms with E-state index in [-0.39, 0.29) is 5.91 Å². The van der Waals surface area contributed by atoms with Gasteiger partial charge in [-0.3, -0.25) is 4.79 Å². The van der Waals surface area contributed by atoms with Crippen LogP contribution >= 0.6 is 23.1 Å². The maximum absolute atomic E-state index is 11.9. The Kier molecular flexibility index (Phi) is 6.21. The van der Waals surface area contributed by atoms with Gasteiger partial charge in [0, 0.05) is 12.2 Å². The minimum atomic E-state index is -0.0410. The van der Waals surface area contributed by atoms with Crippen molar-refractivity contribution in [2.75, 3.05) is 22.9 Å². The summed E-state index contributed by atoms with van der Waals surface area (Å²) in [5.74, 6) is 0.841. The molecule has 2 rings (SSSR count). The van der Waals surface area contributed by atoms with Crippen LogP contribution in [0, 0.1) is 12.8 Å². The van der Waals surface area contributed by atoms with Crippen LogP contribution in [0.3, 0.4) is 0 Å². The zero-order valence-electron chi connectivity index (χ0n) is 12.9. The summed E-state index contributed by atoms with van der Waals surface area (Å²) >= 11 is 2.87. The third-order valence-electron chi connectivity index (χ3n) is 2.73. The summed E-state index contributed by atoms with van der Waals surface area (Å²) in [5.41, 5.74) is 1.98. The van der Waals surface area contributed by atoms with Crippen LogP contribution in [-0.2, 0) is 4.79 Å². The Morgan fingerprint density at radius 1 is 1.27 bits per heavy atom. The monoisotopic (exact) mass is 336 g/mol. The third-order valence-corrected chi connectivity index (χ3v) is 4.74. The zero-order chi connectivity index (χ0) is 15.9. The molecule has 0 atom stereocenters. The lowest BCUT2D eigenvalue weighted by molar-refractivity contribution is -0.113. The Morgan fingerprint density at radius 3 is 2.68 bits per heavy atom. The van der Waals surface area contributed by atoms with Crippen LogP contribution in [0.1, 0.15) is 19.4 Å². The second kappa shape index (κ2) is 8.14. The molecule has 22 heavy (non-hydrogen) atoms. The van der Waals surface area contributed by atoms with Gasteiger partial charge in [-0.15, -0.1) is 10.2 Å². The average Bonchev–Trinajstić information content (AvgIpc) is 2.93. The largest absolute Gasteiger partial charge is 0.360 e. The summed E-state index contributed by atoms with van der Waals surface area (Å²) in [6, 6.07) is 7.74. The van der Waals surface area contributed by atoms with Crippen molar-refractivity contribution in [3.63, 3.8) is 0 Å². The van der Waals surface area contributed by atoms with Crippen molar-refractivity contribution in [3.8, 4) is 0 Å². The van der Waals surface area contributed by atoms with E-state index in [9.17, 15) is 4.79 Å². The molecule has 0 fully saturated rings. The van der Waals surface area contributed by atoms with E-state index < -0.39 is 0 Å². The van der Waals surface area contributed by atoms with Gasteiger partial charge in [-0.05, 0) is 25.0 Å². The number of amides is 1. The van der Waals surface area contributed by atoms with Crippen molar-refractivity contribution in [1.82, 2.24) is 10.2 Å². The van der Waals surface area contributed by atoms with Crippen molar-refractivity contribution < 1.29 is 4.79 Å². The van der Waals surface area contributed by atoms with Gasteiger partial charge in [-0.1, -0.05) is 54.6 Å². The molecule has 0 bridgehead atoms. The highest BCUT2D eigenvalue weighted by molar-refractivity contribution is 8.01. The van der Waals surface area contributed by atoms with Gasteiger partial charge in [0.25, 0.3) is 0 Å². The SMILES string of the molecule is Cc1ccc(NC(=O)CSc2nnc(NCC(C)C)s2)cc1. The molecule has 0 aliphatic carbocycles. The van der Waals surface area contributed by atoms with Gasteiger partial charge in [0.1, 0.15) is 0 Å². The number of carbonyl (C=O) groups is 1. The average molecular weight is 336 g/mol. The maximum Gasteiger partial charge on any atom is 0.234 e. The standard InChI is InChI=1S/C15H20N4OS2/c1-10(2)8-16-14-18-19-15(22-14)21-9-13(20)17-12-6-4-11(3)5-7-12/h4-7,10H,8-9H2,1-3H3,(H,16,18)(H,17,20). The van der Waals surface area contributed by atoms with E-state index in [0.717, 1.165) is 21.7 Å². The first-order valence-electron chi connectivity index (χ1n) is 7.09. The van der Waals surface area contributed by atoms with Gasteiger partial charge in [0.15, 0.2) is 4.34 Å². The summed E-state index contributed by atoms with van der Waals surface area (Å²) in [6.07, 6.45) is 0. The fourth-order valence-corrected chi connectivity index (χ4v) is 3.15. The second-order valence-corrected chi connectivity index (χ2v) is 7.55. The highest BCUT2D eigenvalue weighted by atomic mass is 32.2. The summed E-state index contributed by atoms with van der Waals surface area (Å²) in [5, 5.41) is 15.0. The number of carbonyl (C=O) groups excluding carboxylic acids is 1. The molecule has 2 aromatic rings. The number of anilines is 2. The van der Waals surface area contributed by atoms with Crippen molar-refractivity contribution in [1.29, 1.82) is 0 Å². The number of aryl methyl sites for hydroxylation is 1. The summed E-state index contributed by atoms with van der Waals surface area (Å²) < 4.78 is 0.797. The molecule has 0 radical (unpaired) electrons. The second-order valence-electron chi connectivity index (χ2n) is 5.35. The molecule has 0 unspecified atom stereocenters. The van der Waals surface area contributed by atoms with E-state index in [1.807, 2.05) is 31.2 Å². The Hall–Kier alpha value is -1.60. The Morgan fingerprint density at radius 2 is 2.00 bits per heavy atom. The molecule has 0 saturated carbocycles. The van der Waals surface area contributed by atoms with Crippen LogP contribution in [0.4, 0.5) is 10.8 Å². The molecule has 118 valence electrons. The minimum Gasteiger partial charge on any atom is -0.360 e. The lowest BCUT2D eigenvalue weighted by Gasteiger charge is -2.04. The van der Waals surface area contributed by atoms with Crippen molar-refractivity contribution in [2.24, 2.45) is 5.92 Å². The molecule has 0 aliphatic heterocycles. The van der Waals surface area contributed by atoms with E-state index in [1.54, 1.807) is 0 Å². The lowest BCUT2D eigenvalue weighted by Crippen LogP contribution is -2.13. The van der Waals surface area contributed by atoms with Gasteiger partial charge in [0.2, 0.25) is 11.0 Å². The first-order chi connectivity index (χ1) is 10.5. The highest BCUT2D eigenvalue weighted by Gasteiger charge is 2.08. The number of hydrogen-bond acceptors (Lipinski definition) is 6. The van der Waals surface area contributed by atoms with Crippen LogP contribution < -0.4 is 10.6 Å². The molecule has 2 N–H and O–H groups in total. The quantitative estimate of drug-likeness (QED) is 0.756. The number of hydrogen-bond donors (Lipinski definition) is 2. The molecule has 1 aromatic heterocycles. The normalized spacial score (nSPS) is 10.7. The van der Waals surface area contributed by atoms with Gasteiger partial charge in [-0.25, -0.2) is 0 Å². The minimum absolute atomic E-state index is 0.0410. The molecule has 0 saturated heterocycles. The van der Waals surface area contributed by atoms with E-state index in [1.165, 1.54) is 28.7 Å². The van der Waals surface area contributed by atoms with Gasteiger partial charge >= 0.3 is 0 Å². The Labute approximate surface area is 138 Å². The third kappa shape index (κ3) is 5.65. The number of benzene rings is 1. The number of rotatable bonds is 7. The number of nitrogens with one attached hydrogen (secondary N) is 2. The maximum atomic E-state index is 11.9. The van der Waals surface area contributed by atoms with Crippen LogP contribution in [0.15, 0.2) is 28.6 Å². The number of aromatic nitrogens is 2. The van der Waals surface area contributed by atoms with Gasteiger partial charge in [0.05, 0.1) is 5.75 Å². The smallest absolute Gasteiger partial charge is 0.234 e. The lowest BCUT2D eigenvalue weighted by atomic mass is 10.2. The predicted octanol–water partition coefficient (Wildman–Crippen LogP) is 3.65. The molecular formula is C15H20N4OS2. The number of nitrogens with zero attached hydrogens (tertiary/aromatic N) is 2. The fraction of sp³-hybridized carbons (Fsp3) is 0.400. The summed E-state index contributed by atoms with van der Waals surface area (Å²) in [6.45, 7) is 7.16. The number of thioether (sulfide) groups is 1. The molecule has 0 spiro atoms. The molecule has 5 nitrogen and oxygen atoms in total. The van der Waals surface area contributed by atoms with E-state index in [4.69, 9.17) is 0 Å². The molecule has 1 heterocycles. The zero-order valence-corrected chi connectivity index (χ0v) is 14.6. The summed E-state index contributed by atoms with van der Waals surface area (Å²) in [7, 11) is 0. The van der Waals surface area contributed by atoms with Gasteiger partial charge < -0.3 is 10.6 Å². The van der Waals surface area contributed by atoms with Gasteiger partial charge in [-0.2, -0.15) is 0 Å². The first-order valence-corrected chi connectivity index (χ1v) is 8.90. The Bertz CT molecular complexity index is 610. The van der Waals surface area contributed by atoms with Crippen LogP contribution in [0.5, 0.6) is 0 Å². The molecule has 0 aliphatic rings. The molecule has 7 heteroatoms. The summed E-state index contributed by atoms with van der Waals surface area (Å²) in [4.78, 5) is 11.9. The highest BCUT2D eigenvalue weighted by Crippen LogP contribution is 2.25. The molecule has 1 amide bonds. The van der Waals surface area contributed by atoms with Crippen LogP contribution in [0.25, 0.3) is 0 Å². The van der Waals surface area contributed by atoms with Crippen molar-refractivity contribution >= 4 is 39.8 Å². The van der Waals surface area contributed by atoms with Crippen LogP contribution in [0.2, 0.25) is 0 Å². The molecule has 1 aromatic carbocycles. The van der Waals surface area contributed by atoms with E-state index in [0.29, 0.717) is 11.7 Å².